The smallest absolute Gasteiger partial charge is 0.163 e. The number of fused-ring (bicyclic) bond motifs is 1. The maximum Gasteiger partial charge on any atom is 0.163 e. The Labute approximate surface area is 219 Å². The van der Waals surface area contributed by atoms with Gasteiger partial charge in [-0.25, -0.2) is 4.98 Å². The molecule has 0 amide bonds. The predicted octanol–water partition coefficient (Wildman–Crippen LogP) is 6.31. The molecule has 0 fully saturated rings. The molecule has 1 aromatic heterocycles. The quantitative estimate of drug-likeness (QED) is 0.259. The zero-order valence-electron chi connectivity index (χ0n) is 21.7. The second-order valence-electron chi connectivity index (χ2n) is 9.72. The molecule has 1 aliphatic rings. The zero-order chi connectivity index (χ0) is 25.6. The van der Waals surface area contributed by atoms with E-state index in [9.17, 15) is 4.79 Å². The van der Waals surface area contributed by atoms with Crippen LogP contribution in [0.2, 0.25) is 0 Å². The van der Waals surface area contributed by atoms with E-state index in [4.69, 9.17) is 9.47 Å². The van der Waals surface area contributed by atoms with E-state index in [2.05, 4.69) is 58.9 Å². The molecule has 1 heterocycles. The molecule has 190 valence electrons. The number of hydrogen-bond donors (Lipinski definition) is 0. The van der Waals surface area contributed by atoms with E-state index in [0.717, 1.165) is 48.3 Å². The van der Waals surface area contributed by atoms with Crippen molar-refractivity contribution in [2.45, 2.75) is 51.7 Å². The van der Waals surface area contributed by atoms with Gasteiger partial charge in [0, 0.05) is 43.0 Å². The number of aromatic nitrogens is 2. The number of methoxy groups -OCH3 is 1. The van der Waals surface area contributed by atoms with Crippen molar-refractivity contribution in [2.75, 3.05) is 13.7 Å². The van der Waals surface area contributed by atoms with Gasteiger partial charge < -0.3 is 14.0 Å². The number of carbonyl (C=O) groups is 1. The summed E-state index contributed by atoms with van der Waals surface area (Å²) in [6.07, 6.45) is 8.40. The highest BCUT2D eigenvalue weighted by Crippen LogP contribution is 2.33. The van der Waals surface area contributed by atoms with Crippen molar-refractivity contribution in [3.8, 4) is 5.75 Å². The summed E-state index contributed by atoms with van der Waals surface area (Å²) in [5.41, 5.74) is 7.85. The number of aryl methyl sites for hydroxylation is 2. The van der Waals surface area contributed by atoms with Gasteiger partial charge in [-0.1, -0.05) is 60.2 Å². The van der Waals surface area contributed by atoms with Crippen LogP contribution in [0.25, 0.3) is 0 Å². The minimum atomic E-state index is -0.242. The van der Waals surface area contributed by atoms with Crippen molar-refractivity contribution >= 4 is 5.78 Å². The molecule has 1 unspecified atom stereocenters. The van der Waals surface area contributed by atoms with Gasteiger partial charge in [-0.3, -0.25) is 4.79 Å². The van der Waals surface area contributed by atoms with Crippen LogP contribution in [-0.4, -0.2) is 29.1 Å². The molecule has 5 nitrogen and oxygen atoms in total. The van der Waals surface area contributed by atoms with E-state index in [1.54, 1.807) is 7.11 Å². The third kappa shape index (κ3) is 5.67. The summed E-state index contributed by atoms with van der Waals surface area (Å²) in [6.45, 7) is 2.60. The SMILES string of the molecule is COC(c1cccc(C)c1)n1cncc1CCOc1ccc2c(c1CCc1ccccc1)CCCC2=O. The van der Waals surface area contributed by atoms with Gasteiger partial charge >= 0.3 is 0 Å². The Bertz CT molecular complexity index is 1360. The summed E-state index contributed by atoms with van der Waals surface area (Å²) in [4.78, 5) is 17.0. The number of ether oxygens (including phenoxy) is 2. The van der Waals surface area contributed by atoms with E-state index < -0.39 is 0 Å². The molecule has 0 saturated heterocycles. The van der Waals surface area contributed by atoms with Crippen LogP contribution in [-0.2, 0) is 30.4 Å². The van der Waals surface area contributed by atoms with Gasteiger partial charge in [-0.2, -0.15) is 0 Å². The third-order valence-corrected chi connectivity index (χ3v) is 7.19. The zero-order valence-corrected chi connectivity index (χ0v) is 21.7. The molecule has 37 heavy (non-hydrogen) atoms. The largest absolute Gasteiger partial charge is 0.493 e. The number of Topliss-reactive ketones (excluding diaryl/α,β-unsaturated/α-hetero) is 1. The fourth-order valence-corrected chi connectivity index (χ4v) is 5.34. The normalized spacial score (nSPS) is 13.8. The minimum Gasteiger partial charge on any atom is -0.493 e. The average Bonchev–Trinajstić information content (AvgIpc) is 3.37. The molecule has 0 spiro atoms. The Morgan fingerprint density at radius 1 is 0.973 bits per heavy atom. The van der Waals surface area contributed by atoms with Crippen molar-refractivity contribution in [3.05, 3.63) is 118 Å². The summed E-state index contributed by atoms with van der Waals surface area (Å²) in [5, 5.41) is 0. The van der Waals surface area contributed by atoms with Crippen molar-refractivity contribution in [1.82, 2.24) is 9.55 Å². The van der Waals surface area contributed by atoms with Crippen molar-refractivity contribution in [3.63, 3.8) is 0 Å². The molecular weight excluding hydrogens is 460 g/mol. The molecule has 5 rings (SSSR count). The summed E-state index contributed by atoms with van der Waals surface area (Å²) < 4.78 is 14.3. The number of nitrogens with zero attached hydrogens (tertiary/aromatic N) is 2. The van der Waals surface area contributed by atoms with Crippen LogP contribution < -0.4 is 4.74 Å². The van der Waals surface area contributed by atoms with Crippen LogP contribution in [0.4, 0.5) is 0 Å². The molecule has 5 heteroatoms. The molecular formula is C32H34N2O3. The molecule has 0 N–H and O–H groups in total. The first-order valence-corrected chi connectivity index (χ1v) is 13.1. The average molecular weight is 495 g/mol. The van der Waals surface area contributed by atoms with Gasteiger partial charge in [0.2, 0.25) is 0 Å². The molecule has 1 atom stereocenters. The Hall–Kier alpha value is -3.70. The highest BCUT2D eigenvalue weighted by molar-refractivity contribution is 5.99. The standard InChI is InChI=1S/C32H34N2O3/c1-23-8-6-11-25(20-23)32(36-2)34-22-33-21-26(34)18-19-37-31-17-16-28-27(12-7-13-30(28)35)29(31)15-14-24-9-4-3-5-10-24/h3-6,8-11,16-17,20-22,32H,7,12-15,18-19H2,1-2H3. The third-order valence-electron chi connectivity index (χ3n) is 7.19. The number of rotatable bonds is 10. The van der Waals surface area contributed by atoms with Crippen molar-refractivity contribution in [2.24, 2.45) is 0 Å². The van der Waals surface area contributed by atoms with Crippen LogP contribution in [0.15, 0.2) is 79.3 Å². The highest BCUT2D eigenvalue weighted by Gasteiger charge is 2.23. The molecule has 3 aromatic carbocycles. The first-order valence-electron chi connectivity index (χ1n) is 13.1. The lowest BCUT2D eigenvalue weighted by Crippen LogP contribution is -2.17. The maximum absolute atomic E-state index is 12.6. The summed E-state index contributed by atoms with van der Waals surface area (Å²) in [6, 6.07) is 22.8. The van der Waals surface area contributed by atoms with E-state index in [0.29, 0.717) is 19.4 Å². The van der Waals surface area contributed by atoms with Gasteiger partial charge in [-0.05, 0) is 61.4 Å². The number of hydrogen-bond acceptors (Lipinski definition) is 4. The highest BCUT2D eigenvalue weighted by atomic mass is 16.5. The molecule has 4 aromatic rings. The fourth-order valence-electron chi connectivity index (χ4n) is 5.34. The van der Waals surface area contributed by atoms with Crippen LogP contribution in [0.5, 0.6) is 5.75 Å². The van der Waals surface area contributed by atoms with Crippen molar-refractivity contribution in [1.29, 1.82) is 0 Å². The second kappa shape index (κ2) is 11.6. The Kier molecular flexibility index (Phi) is 7.81. The second-order valence-corrected chi connectivity index (χ2v) is 9.72. The fraction of sp³-hybridized carbons (Fsp3) is 0.312. The van der Waals surface area contributed by atoms with Crippen LogP contribution >= 0.6 is 0 Å². The lowest BCUT2D eigenvalue weighted by atomic mass is 9.85. The lowest BCUT2D eigenvalue weighted by molar-refractivity contribution is 0.0757. The van der Waals surface area contributed by atoms with Crippen molar-refractivity contribution < 1.29 is 14.3 Å². The van der Waals surface area contributed by atoms with Gasteiger partial charge in [-0.15, -0.1) is 0 Å². The number of imidazole rings is 1. The van der Waals surface area contributed by atoms with Gasteiger partial charge in [0.15, 0.2) is 12.0 Å². The van der Waals surface area contributed by atoms with E-state index >= 15 is 0 Å². The molecule has 1 aliphatic carbocycles. The van der Waals surface area contributed by atoms with E-state index in [1.165, 1.54) is 22.3 Å². The first-order chi connectivity index (χ1) is 18.1. The van der Waals surface area contributed by atoms with Crippen LogP contribution in [0.1, 0.15) is 62.9 Å². The monoisotopic (exact) mass is 494 g/mol. The molecule has 0 radical (unpaired) electrons. The Morgan fingerprint density at radius 2 is 1.84 bits per heavy atom. The minimum absolute atomic E-state index is 0.242. The van der Waals surface area contributed by atoms with E-state index in [1.807, 2.05) is 36.8 Å². The predicted molar refractivity (Wildman–Crippen MR) is 145 cm³/mol. The van der Waals surface area contributed by atoms with Gasteiger partial charge in [0.05, 0.1) is 12.9 Å². The number of benzene rings is 3. The van der Waals surface area contributed by atoms with E-state index in [-0.39, 0.29) is 12.0 Å². The van der Waals surface area contributed by atoms with Crippen LogP contribution in [0, 0.1) is 6.92 Å². The summed E-state index contributed by atoms with van der Waals surface area (Å²) in [5.74, 6) is 1.14. The number of ketones is 1. The topological polar surface area (TPSA) is 53.4 Å². The molecule has 0 aliphatic heterocycles. The van der Waals surface area contributed by atoms with Gasteiger partial charge in [0.1, 0.15) is 5.75 Å². The first kappa shape index (κ1) is 25.0. The molecule has 0 saturated carbocycles. The maximum atomic E-state index is 12.6. The van der Waals surface area contributed by atoms with Gasteiger partial charge in [0.25, 0.3) is 0 Å². The Balaban J connectivity index is 1.34. The molecule has 0 bridgehead atoms. The summed E-state index contributed by atoms with van der Waals surface area (Å²) >= 11 is 0. The number of carbonyl (C=O) groups excluding carboxylic acids is 1. The summed E-state index contributed by atoms with van der Waals surface area (Å²) in [7, 11) is 1.72. The lowest BCUT2D eigenvalue weighted by Gasteiger charge is -2.22. The van der Waals surface area contributed by atoms with Crippen LogP contribution in [0.3, 0.4) is 0 Å². The Morgan fingerprint density at radius 3 is 2.65 bits per heavy atom.